The van der Waals surface area contributed by atoms with Gasteiger partial charge in [0.1, 0.15) is 18.8 Å². The highest BCUT2D eigenvalue weighted by molar-refractivity contribution is 5.91. The standard InChI is InChI=1S/C34H35NO11/c1-22(36)35-28-30(46-33(41)25-17-9-4-10-18-25)29(45-32(40)24-15-7-3-8-16-24)26(21-43-31(39)23-13-5-2-6-14-23)44-34(28)42-20-12-11-19-27(37)38/h2-10,13-18,26,28-30,34H,11-12,19-21H2,1H3,(H,35,36)(H,37,38)/t26?,28?,29-,30?,34+/m0/s1. The zero-order valence-electron chi connectivity index (χ0n) is 25.1. The van der Waals surface area contributed by atoms with Gasteiger partial charge in [0.2, 0.25) is 5.91 Å². The summed E-state index contributed by atoms with van der Waals surface area (Å²) in [4.78, 5) is 62.9. The lowest BCUT2D eigenvalue weighted by Crippen LogP contribution is -2.66. The Morgan fingerprint density at radius 1 is 0.717 bits per heavy atom. The van der Waals surface area contributed by atoms with Crippen LogP contribution in [0, 0.1) is 0 Å². The molecule has 1 heterocycles. The number of carboxylic acid groups (broad SMARTS) is 1. The van der Waals surface area contributed by atoms with Gasteiger partial charge in [-0.25, -0.2) is 14.4 Å². The van der Waals surface area contributed by atoms with Gasteiger partial charge in [-0.1, -0.05) is 54.6 Å². The number of esters is 3. The van der Waals surface area contributed by atoms with E-state index in [2.05, 4.69) is 5.32 Å². The first-order chi connectivity index (χ1) is 22.2. The van der Waals surface area contributed by atoms with Crippen molar-refractivity contribution in [2.45, 2.75) is 56.8 Å². The highest BCUT2D eigenvalue weighted by atomic mass is 16.7. The summed E-state index contributed by atoms with van der Waals surface area (Å²) in [7, 11) is 0. The Morgan fingerprint density at radius 3 is 1.72 bits per heavy atom. The van der Waals surface area contributed by atoms with E-state index in [1.54, 1.807) is 66.7 Å². The molecule has 12 heteroatoms. The van der Waals surface area contributed by atoms with Gasteiger partial charge in [-0.15, -0.1) is 0 Å². The summed E-state index contributed by atoms with van der Waals surface area (Å²) in [6, 6.07) is 23.2. The molecule has 2 N–H and O–H groups in total. The number of carbonyl (C=O) groups excluding carboxylic acids is 4. The fourth-order valence-corrected chi connectivity index (χ4v) is 4.78. The summed E-state index contributed by atoms with van der Waals surface area (Å²) in [6.07, 6.45) is -4.66. The lowest BCUT2D eigenvalue weighted by Gasteiger charge is -2.45. The summed E-state index contributed by atoms with van der Waals surface area (Å²) in [6.45, 7) is 0.836. The zero-order valence-corrected chi connectivity index (χ0v) is 25.1. The van der Waals surface area contributed by atoms with Crippen molar-refractivity contribution in [3.05, 3.63) is 108 Å². The average molecular weight is 634 g/mol. The Kier molecular flexibility index (Phi) is 12.4. The number of nitrogens with one attached hydrogen (secondary N) is 1. The number of ether oxygens (including phenoxy) is 5. The number of hydrogen-bond acceptors (Lipinski definition) is 10. The van der Waals surface area contributed by atoms with E-state index in [1.165, 1.54) is 31.2 Å². The molecular formula is C34H35NO11. The van der Waals surface area contributed by atoms with E-state index in [0.29, 0.717) is 12.8 Å². The van der Waals surface area contributed by atoms with Crippen LogP contribution in [-0.2, 0) is 33.3 Å². The molecule has 1 aliphatic heterocycles. The van der Waals surface area contributed by atoms with Crippen LogP contribution in [0.15, 0.2) is 91.0 Å². The van der Waals surface area contributed by atoms with Crippen LogP contribution in [0.4, 0.5) is 0 Å². The third-order valence-corrected chi connectivity index (χ3v) is 6.98. The number of carbonyl (C=O) groups is 5. The monoisotopic (exact) mass is 633 g/mol. The van der Waals surface area contributed by atoms with Crippen LogP contribution in [0.1, 0.15) is 57.3 Å². The van der Waals surface area contributed by atoms with Crippen molar-refractivity contribution >= 4 is 29.8 Å². The Balaban J connectivity index is 1.68. The molecule has 4 rings (SSSR count). The summed E-state index contributed by atoms with van der Waals surface area (Å²) >= 11 is 0. The Morgan fingerprint density at radius 2 is 1.22 bits per heavy atom. The van der Waals surface area contributed by atoms with Crippen LogP contribution in [0.25, 0.3) is 0 Å². The fourth-order valence-electron chi connectivity index (χ4n) is 4.78. The second kappa shape index (κ2) is 16.8. The van der Waals surface area contributed by atoms with Gasteiger partial charge >= 0.3 is 23.9 Å². The van der Waals surface area contributed by atoms with Gasteiger partial charge in [0.25, 0.3) is 0 Å². The minimum atomic E-state index is -1.38. The zero-order chi connectivity index (χ0) is 32.9. The molecule has 12 nitrogen and oxygen atoms in total. The Labute approximate surface area is 265 Å². The summed E-state index contributed by atoms with van der Waals surface area (Å²) in [5.41, 5.74) is 0.663. The quantitative estimate of drug-likeness (QED) is 0.151. The van der Waals surface area contributed by atoms with Crippen LogP contribution < -0.4 is 5.32 Å². The van der Waals surface area contributed by atoms with Gasteiger partial charge in [-0.2, -0.15) is 0 Å². The van der Waals surface area contributed by atoms with E-state index in [1.807, 2.05) is 0 Å². The lowest BCUT2D eigenvalue weighted by molar-refractivity contribution is -0.269. The second-order valence-electron chi connectivity index (χ2n) is 10.4. The number of amides is 1. The molecule has 3 aromatic rings. The maximum atomic E-state index is 13.4. The Bertz CT molecular complexity index is 1470. The van der Waals surface area contributed by atoms with Crippen molar-refractivity contribution in [1.82, 2.24) is 5.32 Å². The second-order valence-corrected chi connectivity index (χ2v) is 10.4. The van der Waals surface area contributed by atoms with E-state index in [4.69, 9.17) is 28.8 Å². The molecule has 46 heavy (non-hydrogen) atoms. The molecule has 0 radical (unpaired) electrons. The van der Waals surface area contributed by atoms with Crippen molar-refractivity contribution < 1.29 is 52.8 Å². The molecule has 1 fully saturated rings. The molecule has 0 bridgehead atoms. The first-order valence-electron chi connectivity index (χ1n) is 14.7. The van der Waals surface area contributed by atoms with Crippen LogP contribution in [0.2, 0.25) is 0 Å². The van der Waals surface area contributed by atoms with E-state index >= 15 is 0 Å². The molecule has 0 spiro atoms. The SMILES string of the molecule is CC(=O)NC1C(OC(=O)c2ccccc2)[C@@H](OC(=O)c2ccccc2)C(COC(=O)c2ccccc2)O[C@H]1OCCCCC(=O)O. The number of carboxylic acids is 1. The third-order valence-electron chi connectivity index (χ3n) is 6.98. The van der Waals surface area contributed by atoms with Gasteiger partial charge in [0.15, 0.2) is 18.5 Å². The molecule has 1 aliphatic rings. The van der Waals surface area contributed by atoms with E-state index in [-0.39, 0.29) is 29.7 Å². The molecule has 3 unspecified atom stereocenters. The number of aliphatic carboxylic acids is 1. The van der Waals surface area contributed by atoms with Gasteiger partial charge in [-0.3, -0.25) is 9.59 Å². The first kappa shape index (κ1) is 33.8. The number of hydrogen-bond donors (Lipinski definition) is 2. The average Bonchev–Trinajstić information content (AvgIpc) is 3.06. The maximum absolute atomic E-state index is 13.4. The normalized spacial score (nSPS) is 20.6. The smallest absolute Gasteiger partial charge is 0.338 e. The van der Waals surface area contributed by atoms with Crippen LogP contribution in [0.5, 0.6) is 0 Å². The van der Waals surface area contributed by atoms with Crippen LogP contribution in [0.3, 0.4) is 0 Å². The summed E-state index contributed by atoms with van der Waals surface area (Å²) in [5.74, 6) is -3.70. The van der Waals surface area contributed by atoms with Crippen LogP contribution >= 0.6 is 0 Å². The topological polar surface area (TPSA) is 164 Å². The fraction of sp³-hybridized carbons (Fsp3) is 0.324. The van der Waals surface area contributed by atoms with Gasteiger partial charge in [-0.05, 0) is 49.2 Å². The minimum absolute atomic E-state index is 0.0262. The molecule has 0 aromatic heterocycles. The molecule has 0 aliphatic carbocycles. The van der Waals surface area contributed by atoms with Crippen molar-refractivity contribution in [3.63, 3.8) is 0 Å². The molecule has 5 atom stereocenters. The molecule has 1 amide bonds. The highest BCUT2D eigenvalue weighted by Crippen LogP contribution is 2.29. The molecule has 3 aromatic carbocycles. The van der Waals surface area contributed by atoms with Gasteiger partial charge < -0.3 is 34.1 Å². The van der Waals surface area contributed by atoms with E-state index < -0.39 is 67.0 Å². The van der Waals surface area contributed by atoms with Crippen molar-refractivity contribution in [2.24, 2.45) is 0 Å². The van der Waals surface area contributed by atoms with Crippen molar-refractivity contribution in [1.29, 1.82) is 0 Å². The largest absolute Gasteiger partial charge is 0.481 e. The Hall–Kier alpha value is -5.07. The molecule has 242 valence electrons. The van der Waals surface area contributed by atoms with Crippen LogP contribution in [-0.4, -0.2) is 78.7 Å². The number of unbranched alkanes of at least 4 members (excludes halogenated alkanes) is 1. The highest BCUT2D eigenvalue weighted by Gasteiger charge is 2.52. The van der Waals surface area contributed by atoms with Crippen molar-refractivity contribution in [3.8, 4) is 0 Å². The summed E-state index contributed by atoms with van der Waals surface area (Å²) in [5, 5.41) is 11.7. The number of benzene rings is 3. The predicted molar refractivity (Wildman–Crippen MR) is 162 cm³/mol. The third kappa shape index (κ3) is 9.71. The molecular weight excluding hydrogens is 598 g/mol. The maximum Gasteiger partial charge on any atom is 0.338 e. The molecule has 0 saturated carbocycles. The van der Waals surface area contributed by atoms with Gasteiger partial charge in [0.05, 0.1) is 16.7 Å². The van der Waals surface area contributed by atoms with Crippen molar-refractivity contribution in [2.75, 3.05) is 13.2 Å². The predicted octanol–water partition coefficient (Wildman–Crippen LogP) is 3.80. The summed E-state index contributed by atoms with van der Waals surface area (Å²) < 4.78 is 29.5. The molecule has 1 saturated heterocycles. The number of rotatable bonds is 14. The van der Waals surface area contributed by atoms with Gasteiger partial charge in [0, 0.05) is 20.0 Å². The minimum Gasteiger partial charge on any atom is -0.481 e. The van der Waals surface area contributed by atoms with E-state index in [9.17, 15) is 24.0 Å². The lowest BCUT2D eigenvalue weighted by atomic mass is 9.95. The first-order valence-corrected chi connectivity index (χ1v) is 14.7. The van der Waals surface area contributed by atoms with E-state index in [0.717, 1.165) is 0 Å².